The van der Waals surface area contributed by atoms with E-state index in [4.69, 9.17) is 10.7 Å². The monoisotopic (exact) mass is 493 g/mol. The number of halogens is 1. The molecule has 0 radical (unpaired) electrons. The average molecular weight is 494 g/mol. The minimum atomic E-state index is -0.958. The van der Waals surface area contributed by atoms with Crippen molar-refractivity contribution in [1.29, 1.82) is 0 Å². The van der Waals surface area contributed by atoms with Gasteiger partial charge in [0, 0.05) is 34.6 Å². The number of thiophene rings is 1. The number of carbonyl (C=O) groups is 1. The Morgan fingerprint density at radius 3 is 2.77 bits per heavy atom. The largest absolute Gasteiger partial charge is 1.00 e. The molecule has 4 heterocycles. The van der Waals surface area contributed by atoms with Gasteiger partial charge in [0.1, 0.15) is 10.6 Å². The smallest absolute Gasteiger partial charge is 0.550 e. The summed E-state index contributed by atoms with van der Waals surface area (Å²) >= 11 is 5.19. The molecule has 0 spiro atoms. The van der Waals surface area contributed by atoms with E-state index < -0.39 is 5.97 Å². The van der Waals surface area contributed by atoms with Crippen molar-refractivity contribution in [3.8, 4) is 11.1 Å². The van der Waals surface area contributed by atoms with Gasteiger partial charge in [-0.15, -0.1) is 11.3 Å². The van der Waals surface area contributed by atoms with E-state index in [-0.39, 0.29) is 41.4 Å². The van der Waals surface area contributed by atoms with Crippen molar-refractivity contribution in [1.82, 2.24) is 19.6 Å². The van der Waals surface area contributed by atoms with Gasteiger partial charge in [-0.1, -0.05) is 0 Å². The summed E-state index contributed by atoms with van der Waals surface area (Å²) in [7, 11) is 0. The van der Waals surface area contributed by atoms with Gasteiger partial charge in [0.15, 0.2) is 5.65 Å². The Kier molecular flexibility index (Phi) is 6.18. The molecule has 148 valence electrons. The molecule has 1 aliphatic rings. The first kappa shape index (κ1) is 21.7. The zero-order chi connectivity index (χ0) is 20.1. The molecule has 4 aromatic rings. The number of nitrogens with zero attached hydrogens (tertiary/aromatic N) is 4. The molecule has 5 rings (SSSR count). The van der Waals surface area contributed by atoms with Crippen LogP contribution in [0.2, 0.25) is 0 Å². The first-order valence-electron chi connectivity index (χ1n) is 9.40. The van der Waals surface area contributed by atoms with Crippen LogP contribution in [0.1, 0.15) is 37.3 Å². The Morgan fingerprint density at radius 2 is 2.03 bits per heavy atom. The third-order valence-corrected chi connectivity index (χ3v) is 7.36. The predicted octanol–water partition coefficient (Wildman–Crippen LogP) is 0.378. The molecule has 0 atom stereocenters. The summed E-state index contributed by atoms with van der Waals surface area (Å²) in [5.74, 6) is -0.699. The number of fused-ring (bicyclic) bond motifs is 2. The average Bonchev–Trinajstić information content (AvgIpc) is 3.37. The van der Waals surface area contributed by atoms with Crippen molar-refractivity contribution in [2.75, 3.05) is 5.73 Å². The van der Waals surface area contributed by atoms with Crippen LogP contribution in [0.5, 0.6) is 0 Å². The molecule has 0 bridgehead atoms. The molecule has 1 fully saturated rings. The molecule has 10 heteroatoms. The number of pyridine rings is 1. The van der Waals surface area contributed by atoms with Gasteiger partial charge >= 0.3 is 29.6 Å². The quantitative estimate of drug-likeness (QED) is 0.413. The van der Waals surface area contributed by atoms with Crippen molar-refractivity contribution in [2.45, 2.75) is 31.6 Å². The summed E-state index contributed by atoms with van der Waals surface area (Å²) in [6.07, 6.45) is 6.27. The van der Waals surface area contributed by atoms with Gasteiger partial charge in [-0.3, -0.25) is 0 Å². The zero-order valence-electron chi connectivity index (χ0n) is 16.3. The van der Waals surface area contributed by atoms with E-state index in [0.717, 1.165) is 44.4 Å². The van der Waals surface area contributed by atoms with Gasteiger partial charge < -0.3 is 15.6 Å². The van der Waals surface area contributed by atoms with Gasteiger partial charge in [-0.2, -0.15) is 9.61 Å². The normalized spacial score (nSPS) is 19.1. The fourth-order valence-corrected chi connectivity index (χ4v) is 5.40. The summed E-state index contributed by atoms with van der Waals surface area (Å²) in [5.41, 5.74) is 9.71. The van der Waals surface area contributed by atoms with Crippen molar-refractivity contribution in [3.05, 3.63) is 40.1 Å². The van der Waals surface area contributed by atoms with Crippen molar-refractivity contribution in [3.63, 3.8) is 0 Å². The van der Waals surface area contributed by atoms with Crippen LogP contribution in [0, 0.1) is 5.92 Å². The molecule has 1 aliphatic carbocycles. The van der Waals surface area contributed by atoms with E-state index >= 15 is 0 Å². The summed E-state index contributed by atoms with van der Waals surface area (Å²) < 4.78 is 2.36. The number of nitrogen functional groups attached to an aromatic ring is 1. The van der Waals surface area contributed by atoms with Gasteiger partial charge in [0.2, 0.25) is 0 Å². The Balaban J connectivity index is 0.00000218. The number of hydrogen-bond acceptors (Lipinski definition) is 7. The van der Waals surface area contributed by atoms with Gasteiger partial charge in [-0.25, -0.2) is 9.97 Å². The minimum Gasteiger partial charge on any atom is -0.550 e. The predicted molar refractivity (Wildman–Crippen MR) is 113 cm³/mol. The Hall–Kier alpha value is -1.52. The van der Waals surface area contributed by atoms with E-state index in [1.807, 2.05) is 17.6 Å². The fourth-order valence-electron chi connectivity index (χ4n) is 4.10. The van der Waals surface area contributed by atoms with E-state index in [1.165, 1.54) is 0 Å². The SMILES string of the molecule is Nc1c(Br)c(C2CCC(C(=O)[O-])CC2)nc2c(-c3cnc4sccc4c3)cnn12.[Na+]. The van der Waals surface area contributed by atoms with E-state index in [2.05, 4.69) is 32.1 Å². The Bertz CT molecular complexity index is 1250. The first-order valence-corrected chi connectivity index (χ1v) is 11.1. The summed E-state index contributed by atoms with van der Waals surface area (Å²) in [5, 5.41) is 18.7. The number of anilines is 1. The molecule has 2 N–H and O–H groups in total. The van der Waals surface area contributed by atoms with E-state index in [1.54, 1.807) is 22.0 Å². The Morgan fingerprint density at radius 1 is 1.27 bits per heavy atom. The number of carboxylic acids is 1. The van der Waals surface area contributed by atoms with Crippen LogP contribution in [0.15, 0.2) is 34.4 Å². The third-order valence-electron chi connectivity index (χ3n) is 5.71. The van der Waals surface area contributed by atoms with Crippen LogP contribution in [0.25, 0.3) is 27.0 Å². The topological polar surface area (TPSA) is 109 Å². The van der Waals surface area contributed by atoms with E-state index in [0.29, 0.717) is 24.3 Å². The number of carboxylic acid groups (broad SMARTS) is 1. The van der Waals surface area contributed by atoms with Crippen LogP contribution in [0.4, 0.5) is 5.82 Å². The summed E-state index contributed by atoms with van der Waals surface area (Å²) in [4.78, 5) is 21.6. The van der Waals surface area contributed by atoms with Crippen LogP contribution in [0.3, 0.4) is 0 Å². The molecule has 4 aromatic heterocycles. The standard InChI is InChI=1S/C20H18BrN5O2S.Na/c21-15-16(10-1-3-11(4-2-10)20(27)28)25-18-14(9-24-26(18)17(15)22)13-7-12-5-6-29-19(12)23-8-13;/h5-11H,1-4,22H2,(H,27,28);/q;+1/p-1. The van der Waals surface area contributed by atoms with Crippen LogP contribution >= 0.6 is 27.3 Å². The second kappa shape index (κ2) is 8.55. The molecule has 0 unspecified atom stereocenters. The number of aromatic nitrogens is 4. The van der Waals surface area contributed by atoms with Gasteiger partial charge in [0.05, 0.1) is 16.4 Å². The maximum absolute atomic E-state index is 11.2. The molecule has 30 heavy (non-hydrogen) atoms. The van der Waals surface area contributed by atoms with Crippen LogP contribution in [-0.4, -0.2) is 25.6 Å². The molecule has 0 saturated heterocycles. The molecular formula is C20H17BrN5NaO2S. The number of nitrogens with two attached hydrogens (primary N) is 1. The summed E-state index contributed by atoms with van der Waals surface area (Å²) in [6, 6.07) is 4.13. The number of carbonyl (C=O) groups excluding carboxylic acids is 1. The fraction of sp³-hybridized carbons (Fsp3) is 0.300. The molecular weight excluding hydrogens is 477 g/mol. The first-order chi connectivity index (χ1) is 14.0. The minimum absolute atomic E-state index is 0. The molecule has 0 aliphatic heterocycles. The number of rotatable bonds is 3. The number of aliphatic carboxylic acids is 1. The third kappa shape index (κ3) is 3.67. The molecule has 0 amide bonds. The Labute approximate surface area is 207 Å². The van der Waals surface area contributed by atoms with Crippen LogP contribution in [-0.2, 0) is 4.79 Å². The van der Waals surface area contributed by atoms with Gasteiger partial charge in [-0.05, 0) is 65.0 Å². The number of hydrogen-bond donors (Lipinski definition) is 1. The van der Waals surface area contributed by atoms with Crippen LogP contribution < -0.4 is 40.4 Å². The van der Waals surface area contributed by atoms with Crippen molar-refractivity contribution < 1.29 is 39.5 Å². The van der Waals surface area contributed by atoms with Crippen molar-refractivity contribution in [2.24, 2.45) is 5.92 Å². The maximum Gasteiger partial charge on any atom is 1.00 e. The maximum atomic E-state index is 11.2. The second-order valence-electron chi connectivity index (χ2n) is 7.40. The molecule has 0 aromatic carbocycles. The molecule has 7 nitrogen and oxygen atoms in total. The summed E-state index contributed by atoms with van der Waals surface area (Å²) in [6.45, 7) is 0. The van der Waals surface area contributed by atoms with E-state index in [9.17, 15) is 9.90 Å². The zero-order valence-corrected chi connectivity index (χ0v) is 20.7. The molecule has 1 saturated carbocycles. The van der Waals surface area contributed by atoms with Crippen molar-refractivity contribution >= 4 is 54.9 Å². The second-order valence-corrected chi connectivity index (χ2v) is 9.08. The van der Waals surface area contributed by atoms with Gasteiger partial charge in [0.25, 0.3) is 0 Å².